The van der Waals surface area contributed by atoms with Crippen LogP contribution in [0, 0.1) is 5.92 Å². The van der Waals surface area contributed by atoms with Crippen molar-refractivity contribution in [3.63, 3.8) is 0 Å². The van der Waals surface area contributed by atoms with Crippen LogP contribution in [0.2, 0.25) is 0 Å². The van der Waals surface area contributed by atoms with Gasteiger partial charge in [0.1, 0.15) is 0 Å². The largest absolute Gasteiger partial charge is 0.467 e. The van der Waals surface area contributed by atoms with E-state index in [9.17, 15) is 9.59 Å². The van der Waals surface area contributed by atoms with Crippen LogP contribution in [0.15, 0.2) is 28.7 Å². The van der Waals surface area contributed by atoms with Gasteiger partial charge < -0.3 is 10.1 Å². The maximum absolute atomic E-state index is 12.0. The Kier molecular flexibility index (Phi) is 4.58. The topological polar surface area (TPSA) is 55.4 Å². The normalized spacial score (nSPS) is 16.3. The number of methoxy groups -OCH3 is 1. The van der Waals surface area contributed by atoms with Crippen LogP contribution in [0.25, 0.3) is 0 Å². The summed E-state index contributed by atoms with van der Waals surface area (Å²) in [5.74, 6) is -0.470. The van der Waals surface area contributed by atoms with E-state index in [1.165, 1.54) is 7.11 Å². The van der Waals surface area contributed by atoms with Crippen molar-refractivity contribution < 1.29 is 14.3 Å². The summed E-state index contributed by atoms with van der Waals surface area (Å²) in [5, 5.41) is 2.78. The van der Waals surface area contributed by atoms with E-state index < -0.39 is 12.0 Å². The lowest BCUT2D eigenvalue weighted by atomic mass is 9.84. The zero-order chi connectivity index (χ0) is 13.8. The number of nitrogens with one attached hydrogen (secondary N) is 1. The molecular formula is C14H16BrNO3. The number of hydrogen-bond donors (Lipinski definition) is 1. The Bertz CT molecular complexity index is 468. The van der Waals surface area contributed by atoms with Gasteiger partial charge in [0.2, 0.25) is 5.91 Å². The maximum atomic E-state index is 12.0. The minimum atomic E-state index is -0.730. The molecule has 19 heavy (non-hydrogen) atoms. The SMILES string of the molecule is COC(=O)[C@H](NC(=O)C1CCC1)c1ccc(Br)cc1. The van der Waals surface area contributed by atoms with E-state index in [2.05, 4.69) is 21.2 Å². The first-order valence-corrected chi connectivity index (χ1v) is 7.05. The lowest BCUT2D eigenvalue weighted by molar-refractivity contribution is -0.146. The predicted molar refractivity (Wildman–Crippen MR) is 74.4 cm³/mol. The van der Waals surface area contributed by atoms with Gasteiger partial charge in [-0.2, -0.15) is 0 Å². The molecule has 0 radical (unpaired) electrons. The molecule has 1 aromatic carbocycles. The smallest absolute Gasteiger partial charge is 0.333 e. The highest BCUT2D eigenvalue weighted by molar-refractivity contribution is 9.10. The number of carbonyl (C=O) groups is 2. The lowest BCUT2D eigenvalue weighted by Crippen LogP contribution is -2.40. The number of benzene rings is 1. The van der Waals surface area contributed by atoms with Crippen LogP contribution in [0.5, 0.6) is 0 Å². The molecule has 1 aromatic rings. The van der Waals surface area contributed by atoms with Crippen molar-refractivity contribution in [1.29, 1.82) is 0 Å². The molecule has 1 N–H and O–H groups in total. The van der Waals surface area contributed by atoms with Crippen molar-refractivity contribution in [3.05, 3.63) is 34.3 Å². The van der Waals surface area contributed by atoms with E-state index in [1.807, 2.05) is 12.1 Å². The highest BCUT2D eigenvalue weighted by Gasteiger charge is 2.30. The van der Waals surface area contributed by atoms with Gasteiger partial charge in [0.05, 0.1) is 7.11 Å². The second-order valence-electron chi connectivity index (χ2n) is 4.64. The fraction of sp³-hybridized carbons (Fsp3) is 0.429. The molecule has 0 aliphatic heterocycles. The first kappa shape index (κ1) is 14.1. The van der Waals surface area contributed by atoms with Gasteiger partial charge in [-0.3, -0.25) is 4.79 Å². The number of hydrogen-bond acceptors (Lipinski definition) is 3. The lowest BCUT2D eigenvalue weighted by Gasteiger charge is -2.26. The molecule has 1 atom stereocenters. The summed E-state index contributed by atoms with van der Waals surface area (Å²) >= 11 is 3.34. The predicted octanol–water partition coefficient (Wildman–Crippen LogP) is 2.58. The molecule has 1 aliphatic carbocycles. The van der Waals surface area contributed by atoms with E-state index >= 15 is 0 Å². The van der Waals surface area contributed by atoms with Crippen LogP contribution in [-0.4, -0.2) is 19.0 Å². The third kappa shape index (κ3) is 3.35. The molecule has 1 aliphatic rings. The minimum Gasteiger partial charge on any atom is -0.467 e. The minimum absolute atomic E-state index is 0.0441. The van der Waals surface area contributed by atoms with Crippen LogP contribution >= 0.6 is 15.9 Å². The van der Waals surface area contributed by atoms with Crippen LogP contribution < -0.4 is 5.32 Å². The van der Waals surface area contributed by atoms with E-state index in [1.54, 1.807) is 12.1 Å². The third-order valence-electron chi connectivity index (χ3n) is 3.40. The van der Waals surface area contributed by atoms with Crippen LogP contribution in [0.4, 0.5) is 0 Å². The summed E-state index contributed by atoms with van der Waals surface area (Å²) in [5.41, 5.74) is 0.725. The number of amides is 1. The number of rotatable bonds is 4. The number of carbonyl (C=O) groups excluding carboxylic acids is 2. The fourth-order valence-electron chi connectivity index (χ4n) is 1.98. The molecule has 0 aromatic heterocycles. The van der Waals surface area contributed by atoms with E-state index in [0.29, 0.717) is 0 Å². The summed E-state index contributed by atoms with van der Waals surface area (Å²) in [6.45, 7) is 0. The average molecular weight is 326 g/mol. The summed E-state index contributed by atoms with van der Waals surface area (Å²) in [6.07, 6.45) is 2.89. The summed E-state index contributed by atoms with van der Waals surface area (Å²) < 4.78 is 5.69. The van der Waals surface area contributed by atoms with Gasteiger partial charge in [-0.25, -0.2) is 4.79 Å². The van der Waals surface area contributed by atoms with Gasteiger partial charge in [-0.1, -0.05) is 34.5 Å². The van der Waals surface area contributed by atoms with Gasteiger partial charge >= 0.3 is 5.97 Å². The Hall–Kier alpha value is -1.36. The first-order valence-electron chi connectivity index (χ1n) is 6.25. The van der Waals surface area contributed by atoms with Crippen LogP contribution in [0.1, 0.15) is 30.9 Å². The van der Waals surface area contributed by atoms with E-state index in [-0.39, 0.29) is 11.8 Å². The second-order valence-corrected chi connectivity index (χ2v) is 5.56. The van der Waals surface area contributed by atoms with Crippen molar-refractivity contribution >= 4 is 27.8 Å². The maximum Gasteiger partial charge on any atom is 0.333 e. The van der Waals surface area contributed by atoms with E-state index in [4.69, 9.17) is 4.74 Å². The Labute approximate surface area is 120 Å². The molecule has 1 fully saturated rings. The highest BCUT2D eigenvalue weighted by Crippen LogP contribution is 2.27. The fourth-order valence-corrected chi connectivity index (χ4v) is 2.25. The summed E-state index contributed by atoms with van der Waals surface area (Å²) in [4.78, 5) is 23.8. The van der Waals surface area contributed by atoms with Crippen molar-refractivity contribution in [1.82, 2.24) is 5.32 Å². The molecule has 1 saturated carbocycles. The molecule has 5 heteroatoms. The van der Waals surface area contributed by atoms with Crippen LogP contribution in [-0.2, 0) is 14.3 Å². The molecule has 1 amide bonds. The van der Waals surface area contributed by atoms with E-state index in [0.717, 1.165) is 29.3 Å². The highest BCUT2D eigenvalue weighted by atomic mass is 79.9. The van der Waals surface area contributed by atoms with Gasteiger partial charge in [0, 0.05) is 10.4 Å². The standard InChI is InChI=1S/C14H16BrNO3/c1-19-14(18)12(9-5-7-11(15)8-6-9)16-13(17)10-3-2-4-10/h5-8,10,12H,2-4H2,1H3,(H,16,17)/t12-/m1/s1. The Morgan fingerprint density at radius 1 is 1.32 bits per heavy atom. The van der Waals surface area contributed by atoms with Crippen LogP contribution in [0.3, 0.4) is 0 Å². The van der Waals surface area contributed by atoms with Gasteiger partial charge in [0.25, 0.3) is 0 Å². The molecule has 0 unspecified atom stereocenters. The molecule has 4 nitrogen and oxygen atoms in total. The van der Waals surface area contributed by atoms with Crippen molar-refractivity contribution in [2.24, 2.45) is 5.92 Å². The van der Waals surface area contributed by atoms with Gasteiger partial charge in [-0.05, 0) is 30.5 Å². The zero-order valence-electron chi connectivity index (χ0n) is 10.7. The van der Waals surface area contributed by atoms with Crippen molar-refractivity contribution in [2.75, 3.05) is 7.11 Å². The monoisotopic (exact) mass is 325 g/mol. The van der Waals surface area contributed by atoms with Gasteiger partial charge in [-0.15, -0.1) is 0 Å². The first-order chi connectivity index (χ1) is 9.11. The zero-order valence-corrected chi connectivity index (χ0v) is 12.3. The number of esters is 1. The number of halogens is 1. The molecule has 0 heterocycles. The summed E-state index contributed by atoms with van der Waals surface area (Å²) in [7, 11) is 1.32. The average Bonchev–Trinajstić information content (AvgIpc) is 2.34. The van der Waals surface area contributed by atoms with Crippen molar-refractivity contribution in [3.8, 4) is 0 Å². The Morgan fingerprint density at radius 2 is 1.95 bits per heavy atom. The second kappa shape index (κ2) is 6.19. The Morgan fingerprint density at radius 3 is 2.42 bits per heavy atom. The third-order valence-corrected chi connectivity index (χ3v) is 3.93. The molecule has 0 saturated heterocycles. The quantitative estimate of drug-likeness (QED) is 0.865. The van der Waals surface area contributed by atoms with Crippen molar-refractivity contribution in [2.45, 2.75) is 25.3 Å². The molecular weight excluding hydrogens is 310 g/mol. The molecule has 102 valence electrons. The molecule has 0 spiro atoms. The molecule has 0 bridgehead atoms. The van der Waals surface area contributed by atoms with Gasteiger partial charge in [0.15, 0.2) is 6.04 Å². The molecule has 2 rings (SSSR count). The summed E-state index contributed by atoms with van der Waals surface area (Å²) in [6, 6.07) is 6.53. The number of ether oxygens (including phenoxy) is 1. The Balaban J connectivity index is 2.13.